The van der Waals surface area contributed by atoms with Crippen molar-refractivity contribution in [3.63, 3.8) is 0 Å². The average Bonchev–Trinajstić information content (AvgIpc) is 2.28. The van der Waals surface area contributed by atoms with Crippen LogP contribution in [0.2, 0.25) is 0 Å². The van der Waals surface area contributed by atoms with Crippen LogP contribution in [0, 0.1) is 12.8 Å². The van der Waals surface area contributed by atoms with Crippen molar-refractivity contribution in [2.75, 3.05) is 0 Å². The van der Waals surface area contributed by atoms with Crippen LogP contribution in [-0.2, 0) is 13.0 Å². The minimum absolute atomic E-state index is 0.803. The van der Waals surface area contributed by atoms with Gasteiger partial charge >= 0.3 is 0 Å². The summed E-state index contributed by atoms with van der Waals surface area (Å²) >= 11 is 3.49. The predicted molar refractivity (Wildman–Crippen MR) is 52.1 cm³/mol. The highest BCUT2D eigenvalue weighted by Crippen LogP contribution is 2.26. The van der Waals surface area contributed by atoms with E-state index in [-0.39, 0.29) is 0 Å². The molecule has 66 valence electrons. The third-order valence-electron chi connectivity index (χ3n) is 2.58. The minimum Gasteiger partial charge on any atom is -0.331 e. The second kappa shape index (κ2) is 2.87. The fourth-order valence-corrected chi connectivity index (χ4v) is 2.51. The molecule has 1 aromatic rings. The standard InChI is InChI=1S/C9H13BrN2/c1-6-3-4-8-9(10)11-7(2)12(8)5-6/h6H,3-5H2,1-2H3. The fourth-order valence-electron chi connectivity index (χ4n) is 1.84. The summed E-state index contributed by atoms with van der Waals surface area (Å²) in [7, 11) is 0. The molecule has 12 heavy (non-hydrogen) atoms. The predicted octanol–water partition coefficient (Wildman–Crippen LogP) is 2.54. The van der Waals surface area contributed by atoms with Gasteiger partial charge in [0.15, 0.2) is 0 Å². The van der Waals surface area contributed by atoms with Crippen LogP contribution in [0.15, 0.2) is 4.60 Å². The maximum absolute atomic E-state index is 4.41. The molecule has 1 unspecified atom stereocenters. The van der Waals surface area contributed by atoms with Crippen LogP contribution in [0.1, 0.15) is 24.9 Å². The zero-order valence-corrected chi connectivity index (χ0v) is 9.06. The Morgan fingerprint density at radius 2 is 2.33 bits per heavy atom. The Balaban J connectivity index is 2.45. The lowest BCUT2D eigenvalue weighted by Crippen LogP contribution is -2.18. The Bertz CT molecular complexity index is 304. The smallest absolute Gasteiger partial charge is 0.127 e. The molecule has 1 aliphatic rings. The van der Waals surface area contributed by atoms with Crippen LogP contribution >= 0.6 is 15.9 Å². The second-order valence-corrected chi connectivity index (χ2v) is 4.40. The molecule has 1 aliphatic heterocycles. The van der Waals surface area contributed by atoms with E-state index in [0.29, 0.717) is 0 Å². The monoisotopic (exact) mass is 228 g/mol. The molecule has 0 spiro atoms. The van der Waals surface area contributed by atoms with Crippen molar-refractivity contribution in [2.24, 2.45) is 5.92 Å². The van der Waals surface area contributed by atoms with E-state index in [4.69, 9.17) is 0 Å². The molecule has 1 aromatic heterocycles. The van der Waals surface area contributed by atoms with Gasteiger partial charge in [-0.3, -0.25) is 0 Å². The van der Waals surface area contributed by atoms with Crippen molar-refractivity contribution >= 4 is 15.9 Å². The van der Waals surface area contributed by atoms with E-state index in [9.17, 15) is 0 Å². The first kappa shape index (κ1) is 8.30. The van der Waals surface area contributed by atoms with Crippen molar-refractivity contribution < 1.29 is 0 Å². The molecule has 0 amide bonds. The summed E-state index contributed by atoms with van der Waals surface area (Å²) in [5.74, 6) is 1.95. The zero-order valence-electron chi connectivity index (χ0n) is 7.47. The van der Waals surface area contributed by atoms with Gasteiger partial charge in [-0.15, -0.1) is 0 Å². The fraction of sp³-hybridized carbons (Fsp3) is 0.667. The first-order valence-electron chi connectivity index (χ1n) is 4.40. The summed E-state index contributed by atoms with van der Waals surface area (Å²) in [4.78, 5) is 4.41. The number of rotatable bonds is 0. The molecular formula is C9H13BrN2. The van der Waals surface area contributed by atoms with E-state index >= 15 is 0 Å². The van der Waals surface area contributed by atoms with Crippen molar-refractivity contribution in [2.45, 2.75) is 33.2 Å². The molecule has 0 aliphatic carbocycles. The van der Waals surface area contributed by atoms with Gasteiger partial charge in [-0.25, -0.2) is 4.98 Å². The van der Waals surface area contributed by atoms with Gasteiger partial charge in [-0.1, -0.05) is 6.92 Å². The largest absolute Gasteiger partial charge is 0.331 e. The van der Waals surface area contributed by atoms with E-state index in [1.165, 1.54) is 18.5 Å². The number of fused-ring (bicyclic) bond motifs is 1. The second-order valence-electron chi connectivity index (χ2n) is 3.65. The average molecular weight is 229 g/mol. The maximum Gasteiger partial charge on any atom is 0.127 e. The number of imidazole rings is 1. The summed E-state index contributed by atoms with van der Waals surface area (Å²) < 4.78 is 3.38. The first-order valence-corrected chi connectivity index (χ1v) is 5.19. The quantitative estimate of drug-likeness (QED) is 0.668. The van der Waals surface area contributed by atoms with E-state index in [1.54, 1.807) is 0 Å². The molecule has 2 rings (SSSR count). The summed E-state index contributed by atoms with van der Waals surface area (Å²) in [6.07, 6.45) is 2.46. The lowest BCUT2D eigenvalue weighted by atomic mass is 10.0. The van der Waals surface area contributed by atoms with E-state index in [0.717, 1.165) is 22.9 Å². The molecule has 0 fully saturated rings. The van der Waals surface area contributed by atoms with Crippen molar-refractivity contribution in [1.29, 1.82) is 0 Å². The lowest BCUT2D eigenvalue weighted by Gasteiger charge is -2.21. The third kappa shape index (κ3) is 1.20. The van der Waals surface area contributed by atoms with E-state index in [2.05, 4.69) is 39.3 Å². The van der Waals surface area contributed by atoms with Crippen LogP contribution in [0.3, 0.4) is 0 Å². The molecule has 0 N–H and O–H groups in total. The number of aromatic nitrogens is 2. The van der Waals surface area contributed by atoms with Crippen LogP contribution in [0.4, 0.5) is 0 Å². The Hall–Kier alpha value is -0.310. The highest BCUT2D eigenvalue weighted by atomic mass is 79.9. The van der Waals surface area contributed by atoms with Gasteiger partial charge in [0.25, 0.3) is 0 Å². The van der Waals surface area contributed by atoms with Crippen LogP contribution in [-0.4, -0.2) is 9.55 Å². The lowest BCUT2D eigenvalue weighted by molar-refractivity contribution is 0.393. The van der Waals surface area contributed by atoms with Gasteiger partial charge in [0.1, 0.15) is 10.4 Å². The zero-order chi connectivity index (χ0) is 8.72. The number of halogens is 1. The van der Waals surface area contributed by atoms with Crippen LogP contribution < -0.4 is 0 Å². The molecule has 2 nitrogen and oxygen atoms in total. The highest BCUT2D eigenvalue weighted by molar-refractivity contribution is 9.10. The molecule has 2 heterocycles. The van der Waals surface area contributed by atoms with E-state index in [1.807, 2.05) is 0 Å². The Morgan fingerprint density at radius 3 is 3.08 bits per heavy atom. The van der Waals surface area contributed by atoms with Gasteiger partial charge in [0.05, 0.1) is 5.69 Å². The molecule has 3 heteroatoms. The molecule has 0 radical (unpaired) electrons. The summed E-state index contributed by atoms with van der Waals surface area (Å²) in [6.45, 7) is 5.52. The topological polar surface area (TPSA) is 17.8 Å². The third-order valence-corrected chi connectivity index (χ3v) is 3.22. The van der Waals surface area contributed by atoms with Crippen LogP contribution in [0.5, 0.6) is 0 Å². The Morgan fingerprint density at radius 1 is 1.58 bits per heavy atom. The highest BCUT2D eigenvalue weighted by Gasteiger charge is 2.19. The van der Waals surface area contributed by atoms with Crippen molar-refractivity contribution in [3.8, 4) is 0 Å². The molecule has 0 saturated carbocycles. The van der Waals surface area contributed by atoms with Crippen molar-refractivity contribution in [1.82, 2.24) is 9.55 Å². The van der Waals surface area contributed by atoms with Gasteiger partial charge in [-0.05, 0) is 41.6 Å². The molecule has 0 bridgehead atoms. The molecule has 1 atom stereocenters. The maximum atomic E-state index is 4.41. The van der Waals surface area contributed by atoms with Gasteiger partial charge < -0.3 is 4.57 Å². The summed E-state index contributed by atoms with van der Waals surface area (Å²) in [5, 5.41) is 0. The molecular weight excluding hydrogens is 216 g/mol. The molecule has 0 saturated heterocycles. The summed E-state index contributed by atoms with van der Waals surface area (Å²) in [6, 6.07) is 0. The summed E-state index contributed by atoms with van der Waals surface area (Å²) in [5.41, 5.74) is 1.38. The van der Waals surface area contributed by atoms with Crippen molar-refractivity contribution in [3.05, 3.63) is 16.1 Å². The number of hydrogen-bond acceptors (Lipinski definition) is 1. The van der Waals surface area contributed by atoms with Crippen LogP contribution in [0.25, 0.3) is 0 Å². The number of nitrogens with zero attached hydrogens (tertiary/aromatic N) is 2. The number of aryl methyl sites for hydroxylation is 1. The number of hydrogen-bond donors (Lipinski definition) is 0. The Labute approximate surface area is 81.1 Å². The Kier molecular flexibility index (Phi) is 1.99. The normalized spacial score (nSPS) is 22.4. The first-order chi connectivity index (χ1) is 5.68. The molecule has 0 aromatic carbocycles. The van der Waals surface area contributed by atoms with Gasteiger partial charge in [0.2, 0.25) is 0 Å². The van der Waals surface area contributed by atoms with E-state index < -0.39 is 0 Å². The van der Waals surface area contributed by atoms with Gasteiger partial charge in [-0.2, -0.15) is 0 Å². The van der Waals surface area contributed by atoms with Gasteiger partial charge in [0, 0.05) is 6.54 Å². The minimum atomic E-state index is 0.803. The SMILES string of the molecule is Cc1nc(Br)c2n1CC(C)CC2.